The van der Waals surface area contributed by atoms with Crippen molar-refractivity contribution in [3.63, 3.8) is 0 Å². The molecule has 1 aliphatic heterocycles. The average Bonchev–Trinajstić information content (AvgIpc) is 2.38. The highest BCUT2D eigenvalue weighted by Gasteiger charge is 2.24. The van der Waals surface area contributed by atoms with Crippen LogP contribution in [0.4, 0.5) is 5.69 Å². The molecule has 0 radical (unpaired) electrons. The van der Waals surface area contributed by atoms with Crippen molar-refractivity contribution in [1.29, 1.82) is 0 Å². The summed E-state index contributed by atoms with van der Waals surface area (Å²) in [6, 6.07) is 9.25. The monoisotopic (exact) mass is 247 g/mol. The van der Waals surface area contributed by atoms with Crippen molar-refractivity contribution in [1.82, 2.24) is 4.90 Å². The summed E-state index contributed by atoms with van der Waals surface area (Å²) in [5.41, 5.74) is 8.65. The topological polar surface area (TPSA) is 32.5 Å². The lowest BCUT2D eigenvalue weighted by Crippen LogP contribution is -2.52. The molecule has 2 N–H and O–H groups in total. The Morgan fingerprint density at radius 3 is 2.67 bits per heavy atom. The molecule has 2 atom stereocenters. The summed E-state index contributed by atoms with van der Waals surface area (Å²) in [5.74, 6) is 0. The van der Waals surface area contributed by atoms with Crippen LogP contribution in [0.25, 0.3) is 0 Å². The fourth-order valence-electron chi connectivity index (χ4n) is 2.84. The third-order valence-electron chi connectivity index (χ3n) is 3.94. The van der Waals surface area contributed by atoms with Crippen LogP contribution in [0.1, 0.15) is 32.4 Å². The minimum Gasteiger partial charge on any atom is -0.368 e. The van der Waals surface area contributed by atoms with E-state index in [0.717, 1.165) is 26.2 Å². The van der Waals surface area contributed by atoms with Gasteiger partial charge in [-0.1, -0.05) is 25.1 Å². The highest BCUT2D eigenvalue weighted by atomic mass is 15.3. The van der Waals surface area contributed by atoms with Gasteiger partial charge in [-0.25, -0.2) is 0 Å². The summed E-state index contributed by atoms with van der Waals surface area (Å²) in [4.78, 5) is 5.01. The Balaban J connectivity index is 2.18. The molecule has 1 fully saturated rings. The molecule has 0 amide bonds. The average molecular weight is 247 g/mol. The molecule has 0 aliphatic carbocycles. The van der Waals surface area contributed by atoms with Crippen molar-refractivity contribution in [2.75, 3.05) is 31.1 Å². The molecule has 0 bridgehead atoms. The third kappa shape index (κ3) is 2.68. The number of benzene rings is 1. The zero-order valence-corrected chi connectivity index (χ0v) is 11.8. The van der Waals surface area contributed by atoms with Crippen molar-refractivity contribution in [3.05, 3.63) is 29.8 Å². The molecule has 100 valence electrons. The number of piperazine rings is 1. The van der Waals surface area contributed by atoms with Crippen LogP contribution >= 0.6 is 0 Å². The smallest absolute Gasteiger partial charge is 0.0415 e. The fourth-order valence-corrected chi connectivity index (χ4v) is 2.84. The van der Waals surface area contributed by atoms with Crippen LogP contribution < -0.4 is 10.6 Å². The molecule has 1 aliphatic rings. The predicted octanol–water partition coefficient (Wildman–Crippen LogP) is 2.24. The molecule has 1 unspecified atom stereocenters. The normalized spacial score (nSPS) is 23.1. The van der Waals surface area contributed by atoms with Gasteiger partial charge in [0.1, 0.15) is 0 Å². The lowest BCUT2D eigenvalue weighted by atomic mass is 10.0. The molecule has 0 saturated carbocycles. The van der Waals surface area contributed by atoms with Crippen LogP contribution in [0.2, 0.25) is 0 Å². The summed E-state index contributed by atoms with van der Waals surface area (Å²) in [5, 5.41) is 0. The van der Waals surface area contributed by atoms with Crippen molar-refractivity contribution >= 4 is 5.69 Å². The Morgan fingerprint density at radius 1 is 1.33 bits per heavy atom. The first-order valence-corrected chi connectivity index (χ1v) is 6.97. The molecule has 0 spiro atoms. The van der Waals surface area contributed by atoms with Crippen LogP contribution in [0.5, 0.6) is 0 Å². The number of nitrogens with zero attached hydrogens (tertiary/aromatic N) is 2. The Kier molecular flexibility index (Phi) is 4.25. The molecule has 1 aromatic carbocycles. The summed E-state index contributed by atoms with van der Waals surface area (Å²) in [6.45, 7) is 11.1. The minimum absolute atomic E-state index is 0.0979. The van der Waals surface area contributed by atoms with Crippen LogP contribution in [0.3, 0.4) is 0 Å². The van der Waals surface area contributed by atoms with Gasteiger partial charge in [-0.3, -0.25) is 4.90 Å². The van der Waals surface area contributed by atoms with Gasteiger partial charge in [0.25, 0.3) is 0 Å². The number of hydrogen-bond acceptors (Lipinski definition) is 3. The second kappa shape index (κ2) is 5.72. The lowest BCUT2D eigenvalue weighted by Gasteiger charge is -2.41. The van der Waals surface area contributed by atoms with E-state index in [9.17, 15) is 0 Å². The van der Waals surface area contributed by atoms with E-state index in [-0.39, 0.29) is 6.04 Å². The quantitative estimate of drug-likeness (QED) is 0.889. The highest BCUT2D eigenvalue weighted by Crippen LogP contribution is 2.26. The van der Waals surface area contributed by atoms with Gasteiger partial charge in [-0.05, 0) is 32.0 Å². The molecule has 3 heteroatoms. The van der Waals surface area contributed by atoms with Gasteiger partial charge in [-0.15, -0.1) is 0 Å². The minimum atomic E-state index is 0.0979. The second-order valence-corrected chi connectivity index (χ2v) is 5.27. The van der Waals surface area contributed by atoms with Crippen molar-refractivity contribution in [2.45, 2.75) is 32.9 Å². The predicted molar refractivity (Wildman–Crippen MR) is 78.0 cm³/mol. The standard InChI is InChI=1S/C15H25N3/c1-4-17-9-10-18(11-12(17)2)15-8-6-5-7-14(15)13(3)16/h5-8,12-13H,4,9-11,16H2,1-3H3/t12?,13-/m1/s1. The van der Waals surface area contributed by atoms with E-state index in [1.54, 1.807) is 0 Å². The van der Waals surface area contributed by atoms with Gasteiger partial charge in [0.15, 0.2) is 0 Å². The summed E-state index contributed by atoms with van der Waals surface area (Å²) in [6.07, 6.45) is 0. The molecule has 3 nitrogen and oxygen atoms in total. The number of anilines is 1. The first-order chi connectivity index (χ1) is 8.63. The maximum Gasteiger partial charge on any atom is 0.0415 e. The van der Waals surface area contributed by atoms with Crippen LogP contribution in [-0.4, -0.2) is 37.1 Å². The van der Waals surface area contributed by atoms with E-state index in [4.69, 9.17) is 5.73 Å². The van der Waals surface area contributed by atoms with E-state index in [0.29, 0.717) is 6.04 Å². The van der Waals surface area contributed by atoms with Gasteiger partial charge in [-0.2, -0.15) is 0 Å². The molecule has 18 heavy (non-hydrogen) atoms. The summed E-state index contributed by atoms with van der Waals surface area (Å²) in [7, 11) is 0. The maximum atomic E-state index is 6.07. The molecular weight excluding hydrogens is 222 g/mol. The van der Waals surface area contributed by atoms with E-state index >= 15 is 0 Å². The lowest BCUT2D eigenvalue weighted by molar-refractivity contribution is 0.199. The van der Waals surface area contributed by atoms with E-state index < -0.39 is 0 Å². The number of nitrogens with two attached hydrogens (primary N) is 1. The van der Waals surface area contributed by atoms with Crippen LogP contribution in [-0.2, 0) is 0 Å². The SMILES string of the molecule is CCN1CCN(c2ccccc2[C@@H](C)N)CC1C. The van der Waals surface area contributed by atoms with Crippen LogP contribution in [0, 0.1) is 0 Å². The fraction of sp³-hybridized carbons (Fsp3) is 0.600. The molecular formula is C15H25N3. The van der Waals surface area contributed by atoms with Crippen molar-refractivity contribution < 1.29 is 0 Å². The molecule has 1 saturated heterocycles. The van der Waals surface area contributed by atoms with Gasteiger partial charge < -0.3 is 10.6 Å². The Morgan fingerprint density at radius 2 is 2.06 bits per heavy atom. The molecule has 2 rings (SSSR count). The first kappa shape index (κ1) is 13.4. The van der Waals surface area contributed by atoms with Crippen molar-refractivity contribution in [2.24, 2.45) is 5.73 Å². The van der Waals surface area contributed by atoms with Gasteiger partial charge in [0.05, 0.1) is 0 Å². The zero-order chi connectivity index (χ0) is 13.1. The van der Waals surface area contributed by atoms with E-state index in [2.05, 4.69) is 54.8 Å². The number of likely N-dealkylation sites (N-methyl/N-ethyl adjacent to an activating group) is 1. The van der Waals surface area contributed by atoms with E-state index in [1.165, 1.54) is 11.3 Å². The maximum absolute atomic E-state index is 6.07. The number of para-hydroxylation sites is 1. The molecule has 0 aromatic heterocycles. The zero-order valence-electron chi connectivity index (χ0n) is 11.8. The van der Waals surface area contributed by atoms with Crippen molar-refractivity contribution in [3.8, 4) is 0 Å². The number of hydrogen-bond donors (Lipinski definition) is 1. The van der Waals surface area contributed by atoms with Gasteiger partial charge in [0, 0.05) is 37.4 Å². The Labute approximate surface area is 111 Å². The molecule has 1 aromatic rings. The summed E-state index contributed by atoms with van der Waals surface area (Å²) >= 11 is 0. The second-order valence-electron chi connectivity index (χ2n) is 5.27. The largest absolute Gasteiger partial charge is 0.368 e. The van der Waals surface area contributed by atoms with Crippen LogP contribution in [0.15, 0.2) is 24.3 Å². The van der Waals surface area contributed by atoms with Gasteiger partial charge >= 0.3 is 0 Å². The Bertz CT molecular complexity index is 389. The highest BCUT2D eigenvalue weighted by molar-refractivity contribution is 5.55. The molecule has 1 heterocycles. The first-order valence-electron chi connectivity index (χ1n) is 6.97. The number of rotatable bonds is 3. The van der Waals surface area contributed by atoms with Gasteiger partial charge in [0.2, 0.25) is 0 Å². The Hall–Kier alpha value is -1.06. The van der Waals surface area contributed by atoms with E-state index in [1.807, 2.05) is 0 Å². The summed E-state index contributed by atoms with van der Waals surface area (Å²) < 4.78 is 0. The third-order valence-corrected chi connectivity index (χ3v) is 3.94.